The molecule has 0 atom stereocenters. The second-order valence-electron chi connectivity index (χ2n) is 9.26. The van der Waals surface area contributed by atoms with Crippen molar-refractivity contribution in [2.24, 2.45) is 17.3 Å². The van der Waals surface area contributed by atoms with Crippen molar-refractivity contribution in [2.75, 3.05) is 6.61 Å². The van der Waals surface area contributed by atoms with E-state index < -0.39 is 0 Å². The van der Waals surface area contributed by atoms with E-state index in [1.807, 2.05) is 0 Å². The van der Waals surface area contributed by atoms with E-state index in [0.29, 0.717) is 6.10 Å². The monoisotopic (exact) mass is 361 g/mol. The molecule has 2 aliphatic rings. The Morgan fingerprint density at radius 2 is 1.46 bits per heavy atom. The molecular weight excluding hydrogens is 318 g/mol. The fourth-order valence-corrected chi connectivity index (χ4v) is 5.08. The first kappa shape index (κ1) is 21.7. The molecule has 0 bridgehead atoms. The molecule has 2 aliphatic carbocycles. The summed E-state index contributed by atoms with van der Waals surface area (Å²) >= 11 is 0. The molecule has 2 nitrogen and oxygen atoms in total. The number of nitrogens with zero attached hydrogens (tertiary/aromatic N) is 1. The Kier molecular flexibility index (Phi) is 10.1. The summed E-state index contributed by atoms with van der Waals surface area (Å²) in [6.45, 7) is 5.51. The van der Waals surface area contributed by atoms with Crippen molar-refractivity contribution in [2.45, 2.75) is 123 Å². The Bertz CT molecular complexity index is 397. The molecule has 2 saturated carbocycles. The lowest BCUT2D eigenvalue weighted by Gasteiger charge is -2.36. The van der Waals surface area contributed by atoms with E-state index in [2.05, 4.69) is 19.9 Å². The number of ether oxygens (including phenoxy) is 1. The lowest BCUT2D eigenvalue weighted by atomic mass is 9.71. The van der Waals surface area contributed by atoms with Gasteiger partial charge in [0.2, 0.25) is 0 Å². The van der Waals surface area contributed by atoms with E-state index in [-0.39, 0.29) is 5.41 Å². The number of rotatable bonds is 11. The average Bonchev–Trinajstić information content (AvgIpc) is 2.69. The van der Waals surface area contributed by atoms with Crippen molar-refractivity contribution in [3.05, 3.63) is 0 Å². The molecule has 150 valence electrons. The van der Waals surface area contributed by atoms with Crippen molar-refractivity contribution in [1.82, 2.24) is 0 Å². The van der Waals surface area contributed by atoms with Gasteiger partial charge in [0.1, 0.15) is 0 Å². The van der Waals surface area contributed by atoms with Crippen LogP contribution in [0.3, 0.4) is 0 Å². The summed E-state index contributed by atoms with van der Waals surface area (Å²) < 4.78 is 6.31. The van der Waals surface area contributed by atoms with Crippen molar-refractivity contribution in [1.29, 1.82) is 5.26 Å². The van der Waals surface area contributed by atoms with Gasteiger partial charge in [-0.05, 0) is 56.8 Å². The first-order valence-corrected chi connectivity index (χ1v) is 11.7. The Morgan fingerprint density at radius 3 is 2.08 bits per heavy atom. The van der Waals surface area contributed by atoms with Gasteiger partial charge in [-0.3, -0.25) is 0 Å². The van der Waals surface area contributed by atoms with E-state index in [1.54, 1.807) is 0 Å². The van der Waals surface area contributed by atoms with Gasteiger partial charge in [-0.25, -0.2) is 0 Å². The minimum atomic E-state index is -0.0361. The fourth-order valence-electron chi connectivity index (χ4n) is 5.08. The zero-order chi connectivity index (χ0) is 18.7. The summed E-state index contributed by atoms with van der Waals surface area (Å²) in [5.41, 5.74) is -0.0361. The van der Waals surface area contributed by atoms with Crippen LogP contribution >= 0.6 is 0 Å². The van der Waals surface area contributed by atoms with Crippen LogP contribution in [0.5, 0.6) is 0 Å². The quantitative estimate of drug-likeness (QED) is 0.359. The maximum Gasteiger partial charge on any atom is 0.0689 e. The van der Waals surface area contributed by atoms with Gasteiger partial charge in [0.05, 0.1) is 17.6 Å². The summed E-state index contributed by atoms with van der Waals surface area (Å²) in [6, 6.07) is 2.67. The molecule has 0 saturated heterocycles. The molecule has 2 fully saturated rings. The highest BCUT2D eigenvalue weighted by molar-refractivity contribution is 5.01. The summed E-state index contributed by atoms with van der Waals surface area (Å²) in [7, 11) is 0. The van der Waals surface area contributed by atoms with Crippen LogP contribution < -0.4 is 0 Å². The molecular formula is C24H43NO. The molecule has 0 amide bonds. The van der Waals surface area contributed by atoms with Crippen LogP contribution in [0.25, 0.3) is 0 Å². The zero-order valence-corrected chi connectivity index (χ0v) is 17.6. The van der Waals surface area contributed by atoms with Crippen LogP contribution in [-0.2, 0) is 4.74 Å². The van der Waals surface area contributed by atoms with Crippen molar-refractivity contribution in [3.63, 3.8) is 0 Å². The SMILES string of the molecule is CCCCC[C@H]1CC[C@H](CO[C@H]2CC[C@@](C#N)(CCCCC)CC2)CC1. The molecule has 0 aliphatic heterocycles. The molecule has 0 aromatic rings. The number of nitriles is 1. The number of hydrogen-bond acceptors (Lipinski definition) is 2. The molecule has 0 aromatic carbocycles. The third-order valence-electron chi connectivity index (χ3n) is 7.14. The van der Waals surface area contributed by atoms with E-state index in [1.165, 1.54) is 70.6 Å². The van der Waals surface area contributed by atoms with Crippen LogP contribution in [0.15, 0.2) is 0 Å². The van der Waals surface area contributed by atoms with Gasteiger partial charge in [-0.1, -0.05) is 71.6 Å². The molecule has 26 heavy (non-hydrogen) atoms. The molecule has 0 aromatic heterocycles. The normalized spacial score (nSPS) is 32.3. The van der Waals surface area contributed by atoms with Crippen molar-refractivity contribution >= 4 is 0 Å². The van der Waals surface area contributed by atoms with E-state index in [0.717, 1.165) is 50.5 Å². The first-order chi connectivity index (χ1) is 12.7. The first-order valence-electron chi connectivity index (χ1n) is 11.7. The minimum Gasteiger partial charge on any atom is -0.378 e. The molecule has 0 radical (unpaired) electrons. The molecule has 0 heterocycles. The number of hydrogen-bond donors (Lipinski definition) is 0. The Hall–Kier alpha value is -0.550. The van der Waals surface area contributed by atoms with Crippen molar-refractivity contribution < 1.29 is 4.74 Å². The molecule has 0 unspecified atom stereocenters. The van der Waals surface area contributed by atoms with Gasteiger partial charge < -0.3 is 4.74 Å². The van der Waals surface area contributed by atoms with E-state index in [9.17, 15) is 5.26 Å². The topological polar surface area (TPSA) is 33.0 Å². The third-order valence-corrected chi connectivity index (χ3v) is 7.14. The highest BCUT2D eigenvalue weighted by atomic mass is 16.5. The Balaban J connectivity index is 1.59. The van der Waals surface area contributed by atoms with Crippen LogP contribution in [0, 0.1) is 28.6 Å². The Morgan fingerprint density at radius 1 is 0.846 bits per heavy atom. The van der Waals surface area contributed by atoms with Crippen LogP contribution in [0.2, 0.25) is 0 Å². The van der Waals surface area contributed by atoms with E-state index >= 15 is 0 Å². The smallest absolute Gasteiger partial charge is 0.0689 e. The molecule has 0 spiro atoms. The van der Waals surface area contributed by atoms with E-state index in [4.69, 9.17) is 4.74 Å². The van der Waals surface area contributed by atoms with Gasteiger partial charge in [-0.2, -0.15) is 5.26 Å². The van der Waals surface area contributed by atoms with Crippen LogP contribution in [0.4, 0.5) is 0 Å². The maximum atomic E-state index is 9.67. The van der Waals surface area contributed by atoms with Gasteiger partial charge in [-0.15, -0.1) is 0 Å². The third kappa shape index (κ3) is 7.22. The minimum absolute atomic E-state index is 0.0361. The van der Waals surface area contributed by atoms with Crippen LogP contribution in [-0.4, -0.2) is 12.7 Å². The summed E-state index contributed by atoms with van der Waals surface area (Å²) in [6.07, 6.45) is 20.8. The highest BCUT2D eigenvalue weighted by Gasteiger charge is 2.35. The predicted molar refractivity (Wildman–Crippen MR) is 110 cm³/mol. The fraction of sp³-hybridized carbons (Fsp3) is 0.958. The largest absolute Gasteiger partial charge is 0.378 e. The van der Waals surface area contributed by atoms with Gasteiger partial charge >= 0.3 is 0 Å². The summed E-state index contributed by atoms with van der Waals surface area (Å²) in [5.74, 6) is 1.79. The van der Waals surface area contributed by atoms with Gasteiger partial charge in [0.25, 0.3) is 0 Å². The zero-order valence-electron chi connectivity index (χ0n) is 17.6. The summed E-state index contributed by atoms with van der Waals surface area (Å²) in [4.78, 5) is 0. The standard InChI is InChI=1S/C24H43NO/c1-3-5-7-9-21-10-12-22(13-11-21)19-26-23-14-17-24(20-25,18-15-23)16-8-6-4-2/h21-23H,3-19H2,1-2H3/t21-,22-,23-,24-. The number of unbranched alkanes of at least 4 members (excludes halogenated alkanes) is 4. The molecule has 0 N–H and O–H groups in total. The second-order valence-corrected chi connectivity index (χ2v) is 9.26. The predicted octanol–water partition coefficient (Wildman–Crippen LogP) is 7.42. The van der Waals surface area contributed by atoms with Gasteiger partial charge in [0.15, 0.2) is 0 Å². The second kappa shape index (κ2) is 12.0. The molecule has 2 rings (SSSR count). The molecule has 2 heteroatoms. The lowest BCUT2D eigenvalue weighted by Crippen LogP contribution is -2.31. The van der Waals surface area contributed by atoms with Gasteiger partial charge in [0, 0.05) is 6.61 Å². The van der Waals surface area contributed by atoms with Crippen LogP contribution in [0.1, 0.15) is 117 Å². The maximum absolute atomic E-state index is 9.67. The highest BCUT2D eigenvalue weighted by Crippen LogP contribution is 2.41. The Labute approximate surface area is 163 Å². The summed E-state index contributed by atoms with van der Waals surface area (Å²) in [5, 5.41) is 9.67. The average molecular weight is 362 g/mol. The van der Waals surface area contributed by atoms with Crippen molar-refractivity contribution in [3.8, 4) is 6.07 Å². The lowest BCUT2D eigenvalue weighted by molar-refractivity contribution is -0.0185.